The number of rotatable bonds is 22. The molecule has 0 saturated heterocycles. The van der Waals surface area contributed by atoms with Gasteiger partial charge in [0.05, 0.1) is 52.9 Å². The standard InChI is InChI=1S/C21H40O8/c1-3-4-5-6-7-8-9-21(23)29-19-17-27-15-13-25-11-10-24-12-14-26-16-18-28-20(2)22/h3-19H2,1-2H3. The smallest absolute Gasteiger partial charge is 0.305 e. The van der Waals surface area contributed by atoms with Gasteiger partial charge in [0.15, 0.2) is 0 Å². The maximum absolute atomic E-state index is 11.5. The molecule has 172 valence electrons. The van der Waals surface area contributed by atoms with Crippen LogP contribution in [0.25, 0.3) is 0 Å². The van der Waals surface area contributed by atoms with Crippen LogP contribution in [0.5, 0.6) is 0 Å². The summed E-state index contributed by atoms with van der Waals surface area (Å²) in [6.07, 6.45) is 7.44. The summed E-state index contributed by atoms with van der Waals surface area (Å²) in [6, 6.07) is 0. The van der Waals surface area contributed by atoms with Crippen molar-refractivity contribution in [3.63, 3.8) is 0 Å². The van der Waals surface area contributed by atoms with Crippen LogP contribution < -0.4 is 0 Å². The van der Waals surface area contributed by atoms with Crippen LogP contribution in [0.3, 0.4) is 0 Å². The molecule has 29 heavy (non-hydrogen) atoms. The molecule has 0 spiro atoms. The largest absolute Gasteiger partial charge is 0.463 e. The molecule has 0 amide bonds. The van der Waals surface area contributed by atoms with Gasteiger partial charge in [-0.3, -0.25) is 9.59 Å². The Kier molecular flexibility index (Phi) is 22.1. The van der Waals surface area contributed by atoms with E-state index < -0.39 is 0 Å². The van der Waals surface area contributed by atoms with E-state index in [0.29, 0.717) is 59.3 Å². The third-order valence-electron chi connectivity index (χ3n) is 3.87. The molecular formula is C21H40O8. The molecule has 0 atom stereocenters. The molecule has 0 aliphatic carbocycles. The van der Waals surface area contributed by atoms with Crippen molar-refractivity contribution in [3.8, 4) is 0 Å². The zero-order chi connectivity index (χ0) is 21.4. The minimum Gasteiger partial charge on any atom is -0.463 e. The van der Waals surface area contributed by atoms with Gasteiger partial charge in [-0.15, -0.1) is 0 Å². The minimum absolute atomic E-state index is 0.146. The Morgan fingerprint density at radius 2 is 0.966 bits per heavy atom. The molecule has 0 fully saturated rings. The van der Waals surface area contributed by atoms with Gasteiger partial charge in [-0.25, -0.2) is 0 Å². The van der Waals surface area contributed by atoms with E-state index in [4.69, 9.17) is 28.4 Å². The normalized spacial score (nSPS) is 10.8. The summed E-state index contributed by atoms with van der Waals surface area (Å²) in [7, 11) is 0. The highest BCUT2D eigenvalue weighted by atomic mass is 16.6. The summed E-state index contributed by atoms with van der Waals surface area (Å²) in [6.45, 7) is 7.63. The minimum atomic E-state index is -0.310. The fourth-order valence-electron chi connectivity index (χ4n) is 2.34. The van der Waals surface area contributed by atoms with Crippen LogP contribution in [0, 0.1) is 0 Å². The Balaban J connectivity index is 3.12. The molecule has 0 aromatic rings. The molecule has 0 N–H and O–H groups in total. The lowest BCUT2D eigenvalue weighted by atomic mass is 10.1. The molecule has 0 aliphatic heterocycles. The third-order valence-corrected chi connectivity index (χ3v) is 3.87. The van der Waals surface area contributed by atoms with Crippen LogP contribution in [-0.2, 0) is 38.0 Å². The molecule has 0 aromatic heterocycles. The number of carbonyl (C=O) groups is 2. The van der Waals surface area contributed by atoms with E-state index in [1.807, 2.05) is 0 Å². The first-order valence-electron chi connectivity index (χ1n) is 10.8. The van der Waals surface area contributed by atoms with Crippen molar-refractivity contribution in [2.24, 2.45) is 0 Å². The SMILES string of the molecule is CCCCCCCCC(=O)OCCOCCOCCOCCOCCOC(C)=O. The highest BCUT2D eigenvalue weighted by Gasteiger charge is 2.02. The van der Waals surface area contributed by atoms with Gasteiger partial charge in [-0.1, -0.05) is 39.0 Å². The fraction of sp³-hybridized carbons (Fsp3) is 0.905. The van der Waals surface area contributed by atoms with Gasteiger partial charge >= 0.3 is 11.9 Å². The average molecular weight is 421 g/mol. The maximum atomic E-state index is 11.5. The molecular weight excluding hydrogens is 380 g/mol. The van der Waals surface area contributed by atoms with E-state index >= 15 is 0 Å². The summed E-state index contributed by atoms with van der Waals surface area (Å²) >= 11 is 0. The second-order valence-electron chi connectivity index (χ2n) is 6.53. The van der Waals surface area contributed by atoms with Crippen LogP contribution in [0.2, 0.25) is 0 Å². The second-order valence-corrected chi connectivity index (χ2v) is 6.53. The van der Waals surface area contributed by atoms with E-state index in [0.717, 1.165) is 12.8 Å². The number of ether oxygens (including phenoxy) is 6. The summed E-state index contributed by atoms with van der Waals surface area (Å²) in [5.74, 6) is -0.455. The van der Waals surface area contributed by atoms with Crippen molar-refractivity contribution in [2.45, 2.75) is 58.8 Å². The molecule has 0 radical (unpaired) electrons. The first-order valence-corrected chi connectivity index (χ1v) is 10.8. The molecule has 0 aromatic carbocycles. The van der Waals surface area contributed by atoms with Crippen molar-refractivity contribution in [3.05, 3.63) is 0 Å². The Hall–Kier alpha value is -1.22. The van der Waals surface area contributed by atoms with Crippen molar-refractivity contribution in [2.75, 3.05) is 66.1 Å². The average Bonchev–Trinajstić information content (AvgIpc) is 2.70. The van der Waals surface area contributed by atoms with Gasteiger partial charge in [0.2, 0.25) is 0 Å². The molecule has 0 unspecified atom stereocenters. The van der Waals surface area contributed by atoms with Crippen molar-refractivity contribution in [1.82, 2.24) is 0 Å². The summed E-state index contributed by atoms with van der Waals surface area (Å²) in [5.41, 5.74) is 0. The van der Waals surface area contributed by atoms with Crippen LogP contribution in [0.4, 0.5) is 0 Å². The number of hydrogen-bond acceptors (Lipinski definition) is 8. The number of carbonyl (C=O) groups excluding carboxylic acids is 2. The van der Waals surface area contributed by atoms with E-state index in [1.165, 1.54) is 32.6 Å². The molecule has 0 bridgehead atoms. The highest BCUT2D eigenvalue weighted by Crippen LogP contribution is 2.07. The first-order chi connectivity index (χ1) is 14.2. The first kappa shape index (κ1) is 27.8. The molecule has 8 nitrogen and oxygen atoms in total. The van der Waals surface area contributed by atoms with Crippen LogP contribution in [-0.4, -0.2) is 78.0 Å². The third kappa shape index (κ3) is 24.7. The van der Waals surface area contributed by atoms with E-state index in [1.54, 1.807) is 0 Å². The van der Waals surface area contributed by atoms with Gasteiger partial charge in [-0.2, -0.15) is 0 Å². The van der Waals surface area contributed by atoms with Crippen molar-refractivity contribution < 1.29 is 38.0 Å². The monoisotopic (exact) mass is 420 g/mol. The topological polar surface area (TPSA) is 89.5 Å². The molecule has 8 heteroatoms. The van der Waals surface area contributed by atoms with E-state index in [9.17, 15) is 9.59 Å². The zero-order valence-corrected chi connectivity index (χ0v) is 18.3. The summed E-state index contributed by atoms with van der Waals surface area (Å²) in [4.78, 5) is 22.1. The van der Waals surface area contributed by atoms with Crippen molar-refractivity contribution in [1.29, 1.82) is 0 Å². The van der Waals surface area contributed by atoms with Crippen LogP contribution >= 0.6 is 0 Å². The number of unbranched alkanes of at least 4 members (excludes halogenated alkanes) is 5. The Bertz CT molecular complexity index is 376. The summed E-state index contributed by atoms with van der Waals surface area (Å²) in [5, 5.41) is 0. The van der Waals surface area contributed by atoms with Crippen molar-refractivity contribution >= 4 is 11.9 Å². The van der Waals surface area contributed by atoms with E-state index in [-0.39, 0.29) is 25.2 Å². The highest BCUT2D eigenvalue weighted by molar-refractivity contribution is 5.69. The van der Waals surface area contributed by atoms with Gasteiger partial charge < -0.3 is 28.4 Å². The van der Waals surface area contributed by atoms with Gasteiger partial charge in [0.1, 0.15) is 13.2 Å². The second kappa shape index (κ2) is 23.1. The Morgan fingerprint density at radius 1 is 0.552 bits per heavy atom. The zero-order valence-electron chi connectivity index (χ0n) is 18.3. The lowest BCUT2D eigenvalue weighted by Gasteiger charge is -2.08. The predicted octanol–water partition coefficient (Wildman–Crippen LogP) is 2.91. The summed E-state index contributed by atoms with van der Waals surface area (Å²) < 4.78 is 31.1. The maximum Gasteiger partial charge on any atom is 0.305 e. The lowest BCUT2D eigenvalue weighted by molar-refractivity contribution is -0.145. The molecule has 0 saturated carbocycles. The lowest BCUT2D eigenvalue weighted by Crippen LogP contribution is -2.15. The molecule has 0 rings (SSSR count). The number of esters is 2. The van der Waals surface area contributed by atoms with Crippen LogP contribution in [0.15, 0.2) is 0 Å². The van der Waals surface area contributed by atoms with Gasteiger partial charge in [-0.05, 0) is 6.42 Å². The predicted molar refractivity (Wildman–Crippen MR) is 109 cm³/mol. The molecule has 0 aliphatic rings. The quantitative estimate of drug-likeness (QED) is 0.195. The Morgan fingerprint density at radius 3 is 1.45 bits per heavy atom. The fourth-order valence-corrected chi connectivity index (χ4v) is 2.34. The molecule has 0 heterocycles. The number of hydrogen-bond donors (Lipinski definition) is 0. The Labute approximate surface area is 175 Å². The van der Waals surface area contributed by atoms with Gasteiger partial charge in [0.25, 0.3) is 0 Å². The van der Waals surface area contributed by atoms with Crippen LogP contribution in [0.1, 0.15) is 58.8 Å². The van der Waals surface area contributed by atoms with E-state index in [2.05, 4.69) is 6.92 Å². The van der Waals surface area contributed by atoms with Gasteiger partial charge in [0, 0.05) is 13.3 Å².